The molecule has 1 amide bonds. The van der Waals surface area contributed by atoms with E-state index in [1.807, 2.05) is 6.07 Å². The van der Waals surface area contributed by atoms with Gasteiger partial charge < -0.3 is 10.1 Å². The van der Waals surface area contributed by atoms with Crippen LogP contribution >= 0.6 is 15.9 Å². The summed E-state index contributed by atoms with van der Waals surface area (Å²) in [6, 6.07) is 10.2. The van der Waals surface area contributed by atoms with Crippen LogP contribution in [-0.2, 0) is 4.79 Å². The van der Waals surface area contributed by atoms with Gasteiger partial charge in [-0.2, -0.15) is 0 Å². The zero-order chi connectivity index (χ0) is 16.1. The highest BCUT2D eigenvalue weighted by Crippen LogP contribution is 2.23. The van der Waals surface area contributed by atoms with E-state index in [9.17, 15) is 13.6 Å². The predicted octanol–water partition coefficient (Wildman–Crippen LogP) is 3.98. The minimum absolute atomic E-state index is 0.170. The number of carbonyl (C=O) groups is 1. The molecule has 0 heterocycles. The van der Waals surface area contributed by atoms with E-state index < -0.39 is 17.7 Å². The summed E-state index contributed by atoms with van der Waals surface area (Å²) in [5.41, 5.74) is 0.480. The van der Waals surface area contributed by atoms with E-state index in [0.29, 0.717) is 11.3 Å². The smallest absolute Gasteiger partial charge is 0.258 e. The summed E-state index contributed by atoms with van der Waals surface area (Å²) in [6.45, 7) is 1.51. The van der Waals surface area contributed by atoms with E-state index in [-0.39, 0.29) is 12.5 Å². The van der Waals surface area contributed by atoms with Crippen LogP contribution in [0.2, 0.25) is 0 Å². The molecule has 0 radical (unpaired) electrons. The van der Waals surface area contributed by atoms with Crippen LogP contribution in [0.3, 0.4) is 0 Å². The molecule has 0 aliphatic rings. The van der Waals surface area contributed by atoms with Gasteiger partial charge in [0.1, 0.15) is 5.75 Å². The van der Waals surface area contributed by atoms with Gasteiger partial charge in [0, 0.05) is 0 Å². The molecule has 1 atom stereocenters. The van der Waals surface area contributed by atoms with Crippen LogP contribution in [0.1, 0.15) is 18.5 Å². The van der Waals surface area contributed by atoms with Gasteiger partial charge in [-0.15, -0.1) is 0 Å². The van der Waals surface area contributed by atoms with Crippen LogP contribution in [0.5, 0.6) is 5.75 Å². The largest absolute Gasteiger partial charge is 0.483 e. The number of ether oxygens (including phenoxy) is 1. The summed E-state index contributed by atoms with van der Waals surface area (Å²) in [6.07, 6.45) is 0. The van der Waals surface area contributed by atoms with Crippen LogP contribution in [0.15, 0.2) is 46.9 Å². The van der Waals surface area contributed by atoms with Crippen LogP contribution in [0.4, 0.5) is 8.78 Å². The third kappa shape index (κ3) is 4.27. The monoisotopic (exact) mass is 369 g/mol. The Morgan fingerprint density at radius 3 is 2.64 bits per heavy atom. The van der Waals surface area contributed by atoms with Gasteiger partial charge in [-0.1, -0.05) is 18.2 Å². The fourth-order valence-electron chi connectivity index (χ4n) is 1.85. The van der Waals surface area contributed by atoms with Gasteiger partial charge >= 0.3 is 0 Å². The molecule has 0 saturated carbocycles. The first-order valence-electron chi connectivity index (χ1n) is 6.59. The van der Waals surface area contributed by atoms with Gasteiger partial charge in [0.05, 0.1) is 10.5 Å². The molecule has 0 aliphatic heterocycles. The third-order valence-corrected chi connectivity index (χ3v) is 3.67. The fourth-order valence-corrected chi connectivity index (χ4v) is 2.25. The van der Waals surface area contributed by atoms with Gasteiger partial charge in [0.2, 0.25) is 0 Å². The molecule has 0 fully saturated rings. The van der Waals surface area contributed by atoms with Gasteiger partial charge in [0.25, 0.3) is 5.91 Å². The Morgan fingerprint density at radius 2 is 1.95 bits per heavy atom. The molecule has 3 nitrogen and oxygen atoms in total. The molecule has 0 saturated heterocycles. The second-order valence-corrected chi connectivity index (χ2v) is 5.54. The molecule has 0 bridgehead atoms. The van der Waals surface area contributed by atoms with Crippen molar-refractivity contribution >= 4 is 21.8 Å². The normalized spacial score (nSPS) is 11.8. The number of benzene rings is 2. The van der Waals surface area contributed by atoms with Gasteiger partial charge in [-0.3, -0.25) is 4.79 Å². The van der Waals surface area contributed by atoms with Crippen molar-refractivity contribution < 1.29 is 18.3 Å². The van der Waals surface area contributed by atoms with E-state index in [4.69, 9.17) is 4.74 Å². The molecule has 1 N–H and O–H groups in total. The molecule has 1 unspecified atom stereocenters. The van der Waals surface area contributed by atoms with Crippen molar-refractivity contribution in [2.75, 3.05) is 6.61 Å². The lowest BCUT2D eigenvalue weighted by Crippen LogP contribution is -2.31. The number of nitrogens with one attached hydrogen (secondary N) is 1. The first-order valence-corrected chi connectivity index (χ1v) is 7.38. The second kappa shape index (κ2) is 7.35. The lowest BCUT2D eigenvalue weighted by atomic mass is 10.1. The van der Waals surface area contributed by atoms with Crippen LogP contribution in [-0.4, -0.2) is 12.5 Å². The average Bonchev–Trinajstić information content (AvgIpc) is 2.49. The molecule has 2 rings (SSSR count). The standard InChI is InChI=1S/C16H14BrF2NO2/c1-10(11-6-7-13(18)14(19)8-11)20-16(21)9-22-15-5-3-2-4-12(15)17/h2-8,10H,9H2,1H3,(H,20,21). The SMILES string of the molecule is CC(NC(=O)COc1ccccc1Br)c1ccc(F)c(F)c1. The minimum Gasteiger partial charge on any atom is -0.483 e. The van der Waals surface area contributed by atoms with Crippen molar-refractivity contribution in [3.8, 4) is 5.75 Å². The highest BCUT2D eigenvalue weighted by atomic mass is 79.9. The second-order valence-electron chi connectivity index (χ2n) is 4.68. The molecule has 6 heteroatoms. The molecule has 2 aromatic carbocycles. The zero-order valence-electron chi connectivity index (χ0n) is 11.8. The van der Waals surface area contributed by atoms with E-state index in [0.717, 1.165) is 16.6 Å². The van der Waals surface area contributed by atoms with E-state index in [1.54, 1.807) is 25.1 Å². The summed E-state index contributed by atoms with van der Waals surface area (Å²) >= 11 is 3.31. The van der Waals surface area contributed by atoms with Crippen LogP contribution < -0.4 is 10.1 Å². The Balaban J connectivity index is 1.91. The Bertz CT molecular complexity index is 679. The summed E-state index contributed by atoms with van der Waals surface area (Å²) in [7, 11) is 0. The van der Waals surface area contributed by atoms with E-state index in [1.165, 1.54) is 6.07 Å². The topological polar surface area (TPSA) is 38.3 Å². The van der Waals surface area contributed by atoms with Crippen molar-refractivity contribution in [3.05, 3.63) is 64.1 Å². The van der Waals surface area contributed by atoms with Gasteiger partial charge in [-0.25, -0.2) is 8.78 Å². The summed E-state index contributed by atoms with van der Waals surface area (Å²) in [5.74, 6) is -1.66. The highest BCUT2D eigenvalue weighted by Gasteiger charge is 2.13. The molecular weight excluding hydrogens is 356 g/mol. The number of hydrogen-bond acceptors (Lipinski definition) is 2. The van der Waals surface area contributed by atoms with Crippen molar-refractivity contribution in [1.29, 1.82) is 0 Å². The highest BCUT2D eigenvalue weighted by molar-refractivity contribution is 9.10. The molecule has 22 heavy (non-hydrogen) atoms. The first-order chi connectivity index (χ1) is 10.5. The van der Waals surface area contributed by atoms with Gasteiger partial charge in [0.15, 0.2) is 18.2 Å². The lowest BCUT2D eigenvalue weighted by Gasteiger charge is -2.15. The van der Waals surface area contributed by atoms with E-state index >= 15 is 0 Å². The summed E-state index contributed by atoms with van der Waals surface area (Å²) in [4.78, 5) is 11.8. The number of halogens is 3. The van der Waals surface area contributed by atoms with Crippen molar-refractivity contribution in [3.63, 3.8) is 0 Å². The number of amides is 1. The first kappa shape index (κ1) is 16.4. The average molecular weight is 370 g/mol. The lowest BCUT2D eigenvalue weighted by molar-refractivity contribution is -0.123. The summed E-state index contributed by atoms with van der Waals surface area (Å²) in [5, 5.41) is 2.66. The molecular formula is C16H14BrF2NO2. The zero-order valence-corrected chi connectivity index (χ0v) is 13.4. The van der Waals surface area contributed by atoms with Crippen molar-refractivity contribution in [2.45, 2.75) is 13.0 Å². The van der Waals surface area contributed by atoms with Crippen molar-refractivity contribution in [2.24, 2.45) is 0 Å². The van der Waals surface area contributed by atoms with E-state index in [2.05, 4.69) is 21.2 Å². The Kier molecular flexibility index (Phi) is 5.49. The number of para-hydroxylation sites is 1. The number of hydrogen-bond donors (Lipinski definition) is 1. The molecule has 0 aliphatic carbocycles. The maximum atomic E-state index is 13.2. The Labute approximate surface area is 135 Å². The minimum atomic E-state index is -0.942. The van der Waals surface area contributed by atoms with Crippen molar-refractivity contribution in [1.82, 2.24) is 5.32 Å². The molecule has 0 aromatic heterocycles. The maximum Gasteiger partial charge on any atom is 0.258 e. The Morgan fingerprint density at radius 1 is 1.23 bits per heavy atom. The fraction of sp³-hybridized carbons (Fsp3) is 0.188. The van der Waals surface area contributed by atoms with Crippen LogP contribution in [0, 0.1) is 11.6 Å². The number of rotatable bonds is 5. The Hall–Kier alpha value is -1.95. The number of carbonyl (C=O) groups excluding carboxylic acids is 1. The quantitative estimate of drug-likeness (QED) is 0.865. The summed E-state index contributed by atoms with van der Waals surface area (Å²) < 4.78 is 32.2. The maximum absolute atomic E-state index is 13.2. The molecule has 0 spiro atoms. The predicted molar refractivity (Wildman–Crippen MR) is 82.6 cm³/mol. The third-order valence-electron chi connectivity index (χ3n) is 3.02. The van der Waals surface area contributed by atoms with Crippen LogP contribution in [0.25, 0.3) is 0 Å². The molecule has 2 aromatic rings. The molecule has 116 valence electrons. The van der Waals surface area contributed by atoms with Gasteiger partial charge in [-0.05, 0) is 52.7 Å².